The number of phosphoric acid groups is 1. The summed E-state index contributed by atoms with van der Waals surface area (Å²) in [7, 11) is 1.41. The summed E-state index contributed by atoms with van der Waals surface area (Å²) in [6.45, 7) is 3.10. The minimum Gasteiger partial charge on any atom is -0.462 e. The van der Waals surface area contributed by atoms with Gasteiger partial charge in [-0.25, -0.2) is 4.57 Å². The van der Waals surface area contributed by atoms with E-state index in [1.807, 2.05) is 33.3 Å². The molecule has 0 saturated carbocycles. The summed E-state index contributed by atoms with van der Waals surface area (Å²) in [5.41, 5.74) is 0. The third kappa shape index (κ3) is 26.2. The molecule has 0 rings (SSSR count). The van der Waals surface area contributed by atoms with Crippen molar-refractivity contribution in [2.75, 3.05) is 47.5 Å². The Morgan fingerprint density at radius 2 is 1.56 bits per heavy atom. The van der Waals surface area contributed by atoms with E-state index in [1.54, 1.807) is 6.08 Å². The molecule has 1 unspecified atom stereocenters. The summed E-state index contributed by atoms with van der Waals surface area (Å²) in [6, 6.07) is 0. The van der Waals surface area contributed by atoms with Crippen molar-refractivity contribution in [3.63, 3.8) is 0 Å². The van der Waals surface area contributed by atoms with Gasteiger partial charge in [0.2, 0.25) is 0 Å². The Kier molecular flexibility index (Phi) is 20.9. The van der Waals surface area contributed by atoms with E-state index >= 15 is 0 Å². The highest BCUT2D eigenvalue weighted by atomic mass is 31.2. The van der Waals surface area contributed by atoms with Gasteiger partial charge in [0, 0.05) is 19.8 Å². The number of rotatable bonds is 24. The SMILES string of the molecule is CCCCCC(=O)/C=C/C=C\CCCCCCCC(=O)OC[C@H](COP(=O)(O)OCC[N+](C)(C)C)OC(C)=O. The lowest BCUT2D eigenvalue weighted by Crippen LogP contribution is -2.37. The second-order valence-corrected chi connectivity index (χ2v) is 12.0. The molecule has 0 aliphatic heterocycles. The number of ketones is 1. The maximum atomic E-state index is 12.1. The first-order valence-corrected chi connectivity index (χ1v) is 15.5. The lowest BCUT2D eigenvalue weighted by molar-refractivity contribution is -0.870. The molecule has 10 nitrogen and oxygen atoms in total. The fraction of sp³-hybridized carbons (Fsp3) is 0.750. The molecule has 0 heterocycles. The summed E-state index contributed by atoms with van der Waals surface area (Å²) in [4.78, 5) is 44.9. The summed E-state index contributed by atoms with van der Waals surface area (Å²) in [5.74, 6) is -0.883. The first-order valence-electron chi connectivity index (χ1n) is 14.0. The van der Waals surface area contributed by atoms with Crippen molar-refractivity contribution in [3.8, 4) is 0 Å². The lowest BCUT2D eigenvalue weighted by atomic mass is 10.1. The van der Waals surface area contributed by atoms with E-state index in [1.165, 1.54) is 6.92 Å². The van der Waals surface area contributed by atoms with Gasteiger partial charge in [0.05, 0.1) is 27.7 Å². The zero-order chi connectivity index (χ0) is 29.6. The Morgan fingerprint density at radius 1 is 0.897 bits per heavy atom. The third-order valence-electron chi connectivity index (χ3n) is 5.51. The number of allylic oxidation sites excluding steroid dienone is 4. The molecular formula is C28H51NO9P+. The van der Waals surface area contributed by atoms with Crippen LogP contribution in [0.5, 0.6) is 0 Å². The Bertz CT molecular complexity index is 805. The number of hydrogen-bond donors (Lipinski definition) is 1. The summed E-state index contributed by atoms with van der Waals surface area (Å²) >= 11 is 0. The highest BCUT2D eigenvalue weighted by Gasteiger charge is 2.26. The molecule has 0 aromatic carbocycles. The van der Waals surface area contributed by atoms with Crippen LogP contribution in [0.2, 0.25) is 0 Å². The van der Waals surface area contributed by atoms with E-state index in [9.17, 15) is 23.8 Å². The van der Waals surface area contributed by atoms with Gasteiger partial charge >= 0.3 is 19.8 Å². The Labute approximate surface area is 234 Å². The van der Waals surface area contributed by atoms with Crippen molar-refractivity contribution in [2.45, 2.75) is 90.6 Å². The van der Waals surface area contributed by atoms with Crippen LogP contribution in [-0.4, -0.2) is 80.7 Å². The van der Waals surface area contributed by atoms with Crippen molar-refractivity contribution in [3.05, 3.63) is 24.3 Å². The van der Waals surface area contributed by atoms with Crippen LogP contribution in [0.3, 0.4) is 0 Å². The molecule has 2 atom stereocenters. The van der Waals surface area contributed by atoms with Crippen LogP contribution in [0.4, 0.5) is 0 Å². The second-order valence-electron chi connectivity index (χ2n) is 10.5. The fourth-order valence-corrected chi connectivity index (χ4v) is 4.03. The number of nitrogens with zero attached hydrogens (tertiary/aromatic N) is 1. The van der Waals surface area contributed by atoms with Crippen molar-refractivity contribution in [2.24, 2.45) is 0 Å². The molecule has 0 aliphatic carbocycles. The molecule has 0 bridgehead atoms. The number of hydrogen-bond acceptors (Lipinski definition) is 8. The highest BCUT2D eigenvalue weighted by Crippen LogP contribution is 2.43. The van der Waals surface area contributed by atoms with Crippen LogP contribution in [-0.2, 0) is 37.5 Å². The first-order chi connectivity index (χ1) is 18.3. The van der Waals surface area contributed by atoms with Gasteiger partial charge in [0.15, 0.2) is 11.9 Å². The van der Waals surface area contributed by atoms with Gasteiger partial charge in [0.25, 0.3) is 0 Å². The molecule has 0 saturated heterocycles. The minimum atomic E-state index is -4.33. The highest BCUT2D eigenvalue weighted by molar-refractivity contribution is 7.47. The zero-order valence-electron chi connectivity index (χ0n) is 24.6. The molecule has 39 heavy (non-hydrogen) atoms. The maximum Gasteiger partial charge on any atom is 0.472 e. The number of carbonyl (C=O) groups is 3. The topological polar surface area (TPSA) is 125 Å². The molecule has 1 N–H and O–H groups in total. The number of quaternary nitrogens is 1. The molecular weight excluding hydrogens is 525 g/mol. The van der Waals surface area contributed by atoms with Gasteiger partial charge in [-0.2, -0.15) is 0 Å². The van der Waals surface area contributed by atoms with Crippen molar-refractivity contribution in [1.82, 2.24) is 0 Å². The molecule has 226 valence electrons. The van der Waals surface area contributed by atoms with Gasteiger partial charge in [-0.3, -0.25) is 23.4 Å². The van der Waals surface area contributed by atoms with Gasteiger partial charge in [-0.15, -0.1) is 0 Å². The van der Waals surface area contributed by atoms with Crippen LogP contribution in [0, 0.1) is 0 Å². The number of unbranched alkanes of at least 4 members (excludes halogenated alkanes) is 7. The van der Waals surface area contributed by atoms with E-state index in [4.69, 9.17) is 18.5 Å². The predicted molar refractivity (Wildman–Crippen MR) is 151 cm³/mol. The smallest absolute Gasteiger partial charge is 0.462 e. The molecule has 11 heteroatoms. The molecule has 0 aromatic rings. The molecule has 0 fully saturated rings. The summed E-state index contributed by atoms with van der Waals surface area (Å²) < 4.78 is 32.7. The van der Waals surface area contributed by atoms with Gasteiger partial charge < -0.3 is 18.9 Å². The number of ether oxygens (including phenoxy) is 2. The van der Waals surface area contributed by atoms with E-state index in [0.717, 1.165) is 51.4 Å². The Morgan fingerprint density at radius 3 is 2.23 bits per heavy atom. The van der Waals surface area contributed by atoms with E-state index in [-0.39, 0.29) is 25.4 Å². The van der Waals surface area contributed by atoms with Crippen molar-refractivity contribution < 1.29 is 46.8 Å². The number of likely N-dealkylation sites (N-methyl/N-ethyl adjacent to an activating group) is 1. The molecule has 0 amide bonds. The number of phosphoric ester groups is 1. The van der Waals surface area contributed by atoms with Crippen molar-refractivity contribution >= 4 is 25.5 Å². The van der Waals surface area contributed by atoms with Crippen LogP contribution in [0.25, 0.3) is 0 Å². The van der Waals surface area contributed by atoms with Gasteiger partial charge in [-0.05, 0) is 31.8 Å². The molecule has 0 radical (unpaired) electrons. The lowest BCUT2D eigenvalue weighted by Gasteiger charge is -2.24. The summed E-state index contributed by atoms with van der Waals surface area (Å²) in [6.07, 6.45) is 16.0. The Hall–Kier alpha value is -1.84. The molecule has 0 aromatic heterocycles. The second kappa shape index (κ2) is 21.9. The monoisotopic (exact) mass is 576 g/mol. The largest absolute Gasteiger partial charge is 0.472 e. The summed E-state index contributed by atoms with van der Waals surface area (Å²) in [5, 5.41) is 0. The average Bonchev–Trinajstić information content (AvgIpc) is 2.83. The van der Waals surface area contributed by atoms with E-state index in [2.05, 4.69) is 13.0 Å². The minimum absolute atomic E-state index is 0.0138. The maximum absolute atomic E-state index is 12.1. The van der Waals surface area contributed by atoms with Gasteiger partial charge in [0.1, 0.15) is 19.8 Å². The van der Waals surface area contributed by atoms with Crippen LogP contribution in [0.15, 0.2) is 24.3 Å². The van der Waals surface area contributed by atoms with Crippen LogP contribution >= 0.6 is 7.82 Å². The van der Waals surface area contributed by atoms with E-state index in [0.29, 0.717) is 23.9 Å². The normalized spacial score (nSPS) is 14.4. The standard InChI is InChI=1S/C28H50NO9P/c1-6-7-15-18-26(31)19-16-13-11-9-8-10-12-14-17-20-28(32)35-23-27(38-25(2)30)24-37-39(33,34)36-22-21-29(3,4)5/h11,13,16,19,27H,6-10,12,14-15,17-18,20-24H2,1-5H3/p+1/b13-11-,19-16+/t27-/m1/s1. The third-order valence-corrected chi connectivity index (χ3v) is 6.49. The predicted octanol–water partition coefficient (Wildman–Crippen LogP) is 5.29. The fourth-order valence-electron chi connectivity index (χ4n) is 3.29. The number of carbonyl (C=O) groups excluding carboxylic acids is 3. The van der Waals surface area contributed by atoms with E-state index < -0.39 is 32.5 Å². The van der Waals surface area contributed by atoms with Crippen LogP contribution in [0.1, 0.15) is 84.5 Å². The number of esters is 2. The quantitative estimate of drug-likeness (QED) is 0.0407. The first kappa shape index (κ1) is 37.2. The molecule has 0 aliphatic rings. The van der Waals surface area contributed by atoms with Crippen molar-refractivity contribution in [1.29, 1.82) is 0 Å². The Balaban J connectivity index is 4.05. The zero-order valence-corrected chi connectivity index (χ0v) is 25.5. The van der Waals surface area contributed by atoms with Gasteiger partial charge in [-0.1, -0.05) is 57.3 Å². The van der Waals surface area contributed by atoms with Crippen LogP contribution < -0.4 is 0 Å². The average molecular weight is 577 g/mol. The molecule has 0 spiro atoms.